The molecule has 2 aromatic carbocycles. The molecule has 160 valence electrons. The highest BCUT2D eigenvalue weighted by Gasteiger charge is 2.27. The highest BCUT2D eigenvalue weighted by molar-refractivity contribution is 5.98. The van der Waals surface area contributed by atoms with E-state index in [1.54, 1.807) is 42.3 Å². The number of nitrogens with zero attached hydrogens (tertiary/aromatic N) is 2. The van der Waals surface area contributed by atoms with Crippen LogP contribution >= 0.6 is 0 Å². The van der Waals surface area contributed by atoms with E-state index in [2.05, 4.69) is 4.90 Å². The molecule has 0 saturated carbocycles. The quantitative estimate of drug-likeness (QED) is 0.673. The van der Waals surface area contributed by atoms with Crippen LogP contribution in [-0.4, -0.2) is 66.4 Å². The summed E-state index contributed by atoms with van der Waals surface area (Å²) in [4.78, 5) is 28.7. The Bertz CT molecular complexity index is 864. The fraction of sp³-hybridized carbons (Fsp3) is 0.391. The van der Waals surface area contributed by atoms with E-state index in [0.717, 1.165) is 0 Å². The third kappa shape index (κ3) is 5.79. The van der Waals surface area contributed by atoms with Gasteiger partial charge in [0.25, 0.3) is 0 Å². The molecule has 1 saturated heterocycles. The zero-order chi connectivity index (χ0) is 21.5. The molecule has 0 aromatic heterocycles. The van der Waals surface area contributed by atoms with Gasteiger partial charge < -0.3 is 14.7 Å². The summed E-state index contributed by atoms with van der Waals surface area (Å²) in [6.07, 6.45) is 1.40. The number of amides is 1. The normalized spacial score (nSPS) is 15.0. The van der Waals surface area contributed by atoms with E-state index in [9.17, 15) is 19.1 Å². The second-order valence-corrected chi connectivity index (χ2v) is 7.56. The Kier molecular flexibility index (Phi) is 7.41. The average Bonchev–Trinajstić information content (AvgIpc) is 2.75. The summed E-state index contributed by atoms with van der Waals surface area (Å²) >= 11 is 0. The largest absolute Gasteiger partial charge is 0.508 e. The lowest BCUT2D eigenvalue weighted by Gasteiger charge is -2.32. The summed E-state index contributed by atoms with van der Waals surface area (Å²) in [7, 11) is 1.70. The lowest BCUT2D eigenvalue weighted by molar-refractivity contribution is -0.131. The number of hydrogen-bond donors (Lipinski definition) is 1. The standard InChI is InChI=1S/C23H27FN2O4/c1-25(14-15-30-21-5-3-2-4-20(21)24)22(28)16-26-12-10-18(11-13-26)23(29)17-6-8-19(27)9-7-17/h2-9,18,27H,10-16H2,1H3. The number of likely N-dealkylation sites (N-methyl/N-ethyl adjacent to an activating group) is 1. The third-order valence-electron chi connectivity index (χ3n) is 5.42. The van der Waals surface area contributed by atoms with Crippen molar-refractivity contribution in [3.8, 4) is 11.5 Å². The number of carbonyl (C=O) groups is 2. The molecule has 1 heterocycles. The number of halogens is 1. The fourth-order valence-corrected chi connectivity index (χ4v) is 3.51. The van der Waals surface area contributed by atoms with Gasteiger partial charge in [0.1, 0.15) is 12.4 Å². The molecule has 1 aliphatic rings. The van der Waals surface area contributed by atoms with Gasteiger partial charge in [0.15, 0.2) is 17.3 Å². The molecule has 30 heavy (non-hydrogen) atoms. The molecule has 1 aliphatic heterocycles. The van der Waals surface area contributed by atoms with Crippen molar-refractivity contribution >= 4 is 11.7 Å². The average molecular weight is 414 g/mol. The molecule has 7 heteroatoms. The van der Waals surface area contributed by atoms with Crippen LogP contribution in [0.5, 0.6) is 11.5 Å². The monoisotopic (exact) mass is 414 g/mol. The van der Waals surface area contributed by atoms with Gasteiger partial charge in [-0.2, -0.15) is 0 Å². The van der Waals surface area contributed by atoms with E-state index < -0.39 is 5.82 Å². The van der Waals surface area contributed by atoms with Gasteiger partial charge >= 0.3 is 0 Å². The van der Waals surface area contributed by atoms with Gasteiger partial charge in [-0.15, -0.1) is 0 Å². The van der Waals surface area contributed by atoms with Gasteiger partial charge in [0, 0.05) is 18.5 Å². The molecule has 0 atom stereocenters. The zero-order valence-corrected chi connectivity index (χ0v) is 17.1. The van der Waals surface area contributed by atoms with Crippen LogP contribution in [-0.2, 0) is 4.79 Å². The van der Waals surface area contributed by atoms with Crippen molar-refractivity contribution in [1.82, 2.24) is 9.80 Å². The van der Waals surface area contributed by atoms with Gasteiger partial charge in [0.05, 0.1) is 13.1 Å². The molecule has 0 radical (unpaired) electrons. The first kappa shape index (κ1) is 21.8. The number of carbonyl (C=O) groups excluding carboxylic acids is 2. The van der Waals surface area contributed by atoms with Crippen LogP contribution in [0.25, 0.3) is 0 Å². The predicted octanol–water partition coefficient (Wildman–Crippen LogP) is 2.96. The number of aromatic hydroxyl groups is 1. The Morgan fingerprint density at radius 1 is 1.13 bits per heavy atom. The van der Waals surface area contributed by atoms with E-state index in [1.807, 2.05) is 0 Å². The number of benzene rings is 2. The van der Waals surface area contributed by atoms with Crippen LogP contribution in [0.2, 0.25) is 0 Å². The molecular weight excluding hydrogens is 387 g/mol. The number of hydrogen-bond acceptors (Lipinski definition) is 5. The summed E-state index contributed by atoms with van der Waals surface area (Å²) in [5.74, 6) is -0.107. The maximum atomic E-state index is 13.5. The van der Waals surface area contributed by atoms with Crippen molar-refractivity contribution < 1.29 is 23.8 Å². The number of ether oxygens (including phenoxy) is 1. The minimum atomic E-state index is -0.420. The second-order valence-electron chi connectivity index (χ2n) is 7.56. The maximum Gasteiger partial charge on any atom is 0.236 e. The number of phenolic OH excluding ortho intramolecular Hbond substituents is 1. The van der Waals surface area contributed by atoms with E-state index in [0.29, 0.717) is 38.0 Å². The van der Waals surface area contributed by atoms with Crippen LogP contribution in [0.4, 0.5) is 4.39 Å². The van der Waals surface area contributed by atoms with Gasteiger partial charge in [-0.3, -0.25) is 14.5 Å². The molecule has 0 unspecified atom stereocenters. The van der Waals surface area contributed by atoms with Gasteiger partial charge in [-0.05, 0) is 62.3 Å². The first-order chi connectivity index (χ1) is 14.4. The minimum absolute atomic E-state index is 0.0320. The van der Waals surface area contributed by atoms with Crippen molar-refractivity contribution in [2.45, 2.75) is 12.8 Å². The van der Waals surface area contributed by atoms with Crippen molar-refractivity contribution in [2.75, 3.05) is 39.8 Å². The van der Waals surface area contributed by atoms with Gasteiger partial charge in [-0.1, -0.05) is 12.1 Å². The van der Waals surface area contributed by atoms with E-state index >= 15 is 0 Å². The first-order valence-electron chi connectivity index (χ1n) is 10.1. The number of piperidine rings is 1. The fourth-order valence-electron chi connectivity index (χ4n) is 3.51. The predicted molar refractivity (Wildman–Crippen MR) is 111 cm³/mol. The zero-order valence-electron chi connectivity index (χ0n) is 17.1. The summed E-state index contributed by atoms with van der Waals surface area (Å²) in [5, 5.41) is 9.36. The number of Topliss-reactive ketones (excluding diaryl/α,β-unsaturated/α-hetero) is 1. The van der Waals surface area contributed by atoms with Gasteiger partial charge in [-0.25, -0.2) is 4.39 Å². The second kappa shape index (κ2) is 10.2. The van der Waals surface area contributed by atoms with E-state index in [1.165, 1.54) is 18.2 Å². The molecule has 1 amide bonds. The number of rotatable bonds is 8. The first-order valence-corrected chi connectivity index (χ1v) is 10.1. The Morgan fingerprint density at radius 3 is 2.47 bits per heavy atom. The SMILES string of the molecule is CN(CCOc1ccccc1F)C(=O)CN1CCC(C(=O)c2ccc(O)cc2)CC1. The molecule has 3 rings (SSSR count). The molecule has 6 nitrogen and oxygen atoms in total. The Balaban J connectivity index is 1.39. The number of para-hydroxylation sites is 1. The molecule has 1 N–H and O–H groups in total. The van der Waals surface area contributed by atoms with Crippen molar-refractivity contribution in [1.29, 1.82) is 0 Å². The molecule has 0 aliphatic carbocycles. The van der Waals surface area contributed by atoms with Gasteiger partial charge in [0.2, 0.25) is 5.91 Å². The van der Waals surface area contributed by atoms with Crippen molar-refractivity contribution in [3.63, 3.8) is 0 Å². The van der Waals surface area contributed by atoms with E-state index in [-0.39, 0.29) is 42.3 Å². The highest BCUT2D eigenvalue weighted by Crippen LogP contribution is 2.23. The molecule has 1 fully saturated rings. The smallest absolute Gasteiger partial charge is 0.236 e. The lowest BCUT2D eigenvalue weighted by atomic mass is 9.89. The van der Waals surface area contributed by atoms with E-state index in [4.69, 9.17) is 4.74 Å². The van der Waals surface area contributed by atoms with Crippen molar-refractivity contribution in [3.05, 3.63) is 59.9 Å². The van der Waals surface area contributed by atoms with Crippen LogP contribution in [0, 0.1) is 11.7 Å². The summed E-state index contributed by atoms with van der Waals surface area (Å²) in [6, 6.07) is 12.5. The Labute approximate surface area is 175 Å². The molecule has 0 bridgehead atoms. The molecular formula is C23H27FN2O4. The number of likely N-dealkylation sites (tertiary alicyclic amines) is 1. The number of ketones is 1. The van der Waals surface area contributed by atoms with Crippen molar-refractivity contribution in [2.24, 2.45) is 5.92 Å². The third-order valence-corrected chi connectivity index (χ3v) is 5.42. The van der Waals surface area contributed by atoms with Crippen LogP contribution in [0.15, 0.2) is 48.5 Å². The topological polar surface area (TPSA) is 70.1 Å². The van der Waals surface area contributed by atoms with Crippen LogP contribution in [0.3, 0.4) is 0 Å². The Hall–Kier alpha value is -2.93. The molecule has 0 spiro atoms. The highest BCUT2D eigenvalue weighted by atomic mass is 19.1. The maximum absolute atomic E-state index is 13.5. The number of phenols is 1. The van der Waals surface area contributed by atoms with Crippen LogP contribution < -0.4 is 4.74 Å². The Morgan fingerprint density at radius 2 is 1.80 bits per heavy atom. The molecule has 2 aromatic rings. The summed E-state index contributed by atoms with van der Waals surface area (Å²) in [5.41, 5.74) is 0.608. The van der Waals surface area contributed by atoms with Crippen LogP contribution in [0.1, 0.15) is 23.2 Å². The lowest BCUT2D eigenvalue weighted by Crippen LogP contribution is -2.44. The minimum Gasteiger partial charge on any atom is -0.508 e. The summed E-state index contributed by atoms with van der Waals surface area (Å²) in [6.45, 7) is 2.23. The summed E-state index contributed by atoms with van der Waals surface area (Å²) < 4.78 is 19.0.